The minimum absolute atomic E-state index is 0.298. The number of aryl methyl sites for hydroxylation is 1. The maximum absolute atomic E-state index is 12.1. The summed E-state index contributed by atoms with van der Waals surface area (Å²) in [6, 6.07) is 14.6. The number of hydrogen-bond acceptors (Lipinski definition) is 3. The first-order chi connectivity index (χ1) is 11.8. The molecule has 0 N–H and O–H groups in total. The number of anilines is 1. The Morgan fingerprint density at radius 1 is 1.12 bits per heavy atom. The van der Waals surface area contributed by atoms with Crippen molar-refractivity contribution in [1.29, 1.82) is 0 Å². The summed E-state index contributed by atoms with van der Waals surface area (Å²) in [7, 11) is 0. The number of halogens is 3. The van der Waals surface area contributed by atoms with Crippen molar-refractivity contribution < 1.29 is 9.53 Å². The first-order valence-electron chi connectivity index (χ1n) is 7.97. The van der Waals surface area contributed by atoms with Gasteiger partial charge in [0.25, 0.3) is 0 Å². The van der Waals surface area contributed by atoms with Crippen molar-refractivity contribution in [3.63, 3.8) is 0 Å². The molecule has 134 valence electrons. The van der Waals surface area contributed by atoms with E-state index in [1.54, 1.807) is 24.3 Å². The zero-order valence-corrected chi connectivity index (χ0v) is 16.4. The number of benzene rings is 2. The van der Waals surface area contributed by atoms with E-state index >= 15 is 0 Å². The van der Waals surface area contributed by atoms with Crippen molar-refractivity contribution in [3.8, 4) is 0 Å². The van der Waals surface area contributed by atoms with Crippen molar-refractivity contribution in [3.05, 3.63) is 65.2 Å². The number of hydrogen-bond donors (Lipinski definition) is 0. The monoisotopic (exact) mass is 399 g/mol. The summed E-state index contributed by atoms with van der Waals surface area (Å²) in [5.74, 6) is -0.392. The van der Waals surface area contributed by atoms with Gasteiger partial charge in [0.1, 0.15) is 6.61 Å². The van der Waals surface area contributed by atoms with Crippen LogP contribution >= 0.6 is 34.8 Å². The number of rotatable bonds is 6. The second-order valence-electron chi connectivity index (χ2n) is 5.63. The summed E-state index contributed by atoms with van der Waals surface area (Å²) in [6.07, 6.45) is 0. The predicted octanol–water partition coefficient (Wildman–Crippen LogP) is 5.51. The zero-order chi connectivity index (χ0) is 18.4. The fourth-order valence-electron chi connectivity index (χ4n) is 2.42. The van der Waals surface area contributed by atoms with E-state index in [-0.39, 0.29) is 0 Å². The Morgan fingerprint density at radius 2 is 1.80 bits per heavy atom. The average molecular weight is 401 g/mol. The smallest absolute Gasteiger partial charge is 0.338 e. The highest BCUT2D eigenvalue weighted by Gasteiger charge is 2.22. The summed E-state index contributed by atoms with van der Waals surface area (Å²) in [5, 5.41) is 0. The van der Waals surface area contributed by atoms with Crippen LogP contribution in [-0.2, 0) is 8.53 Å². The lowest BCUT2D eigenvalue weighted by atomic mass is 10.1. The minimum Gasteiger partial charge on any atom is -0.460 e. The number of carbonyl (C=O) groups excluding carboxylic acids is 1. The Hall–Kier alpha value is -1.42. The quantitative estimate of drug-likeness (QED) is 0.473. The van der Waals surface area contributed by atoms with Gasteiger partial charge < -0.3 is 9.64 Å². The van der Waals surface area contributed by atoms with Gasteiger partial charge in [0, 0.05) is 17.8 Å². The SMILES string of the molecule is CCN(CCOC(=O)c1ccc(C(Cl)(Cl)Cl)cc1)c1cccc(C)c1. The number of nitrogens with zero attached hydrogens (tertiary/aromatic N) is 1. The number of carbonyl (C=O) groups is 1. The van der Waals surface area contributed by atoms with E-state index in [4.69, 9.17) is 39.5 Å². The molecule has 2 aromatic carbocycles. The highest BCUT2D eigenvalue weighted by Crippen LogP contribution is 2.38. The van der Waals surface area contributed by atoms with E-state index in [2.05, 4.69) is 30.9 Å². The topological polar surface area (TPSA) is 29.5 Å². The van der Waals surface area contributed by atoms with Crippen LogP contribution in [-0.4, -0.2) is 25.7 Å². The maximum Gasteiger partial charge on any atom is 0.338 e. The van der Waals surface area contributed by atoms with Gasteiger partial charge in [-0.3, -0.25) is 0 Å². The van der Waals surface area contributed by atoms with Gasteiger partial charge in [-0.2, -0.15) is 0 Å². The molecule has 3 nitrogen and oxygen atoms in total. The average Bonchev–Trinajstić information content (AvgIpc) is 2.58. The van der Waals surface area contributed by atoms with E-state index in [9.17, 15) is 4.79 Å². The van der Waals surface area contributed by atoms with Gasteiger partial charge in [0.15, 0.2) is 0 Å². The van der Waals surface area contributed by atoms with E-state index in [0.29, 0.717) is 24.3 Å². The molecular weight excluding hydrogens is 381 g/mol. The number of likely N-dealkylation sites (N-methyl/N-ethyl adjacent to an activating group) is 1. The summed E-state index contributed by atoms with van der Waals surface area (Å²) in [4.78, 5) is 14.3. The molecule has 2 rings (SSSR count). The molecule has 2 aromatic rings. The van der Waals surface area contributed by atoms with Crippen LogP contribution in [0.15, 0.2) is 48.5 Å². The third kappa shape index (κ3) is 5.81. The maximum atomic E-state index is 12.1. The Bertz CT molecular complexity index is 711. The molecule has 0 aromatic heterocycles. The lowest BCUT2D eigenvalue weighted by molar-refractivity contribution is 0.0515. The Kier molecular flexibility index (Phi) is 7.00. The van der Waals surface area contributed by atoms with Gasteiger partial charge >= 0.3 is 5.97 Å². The third-order valence-corrected chi connectivity index (χ3v) is 4.45. The van der Waals surface area contributed by atoms with Crippen LogP contribution in [0.1, 0.15) is 28.4 Å². The predicted molar refractivity (Wildman–Crippen MR) is 105 cm³/mol. The molecule has 0 atom stereocenters. The van der Waals surface area contributed by atoms with E-state index in [0.717, 1.165) is 12.2 Å². The molecule has 0 aliphatic heterocycles. The van der Waals surface area contributed by atoms with E-state index in [1.165, 1.54) is 5.56 Å². The first-order valence-corrected chi connectivity index (χ1v) is 9.10. The number of ether oxygens (including phenoxy) is 1. The second-order valence-corrected chi connectivity index (χ2v) is 7.91. The molecule has 0 radical (unpaired) electrons. The van der Waals surface area contributed by atoms with Crippen LogP contribution in [0.3, 0.4) is 0 Å². The molecule has 0 heterocycles. The molecule has 0 spiro atoms. The highest BCUT2D eigenvalue weighted by atomic mass is 35.6. The molecule has 0 unspecified atom stereocenters. The van der Waals surface area contributed by atoms with Gasteiger partial charge in [-0.1, -0.05) is 59.1 Å². The first kappa shape index (κ1) is 19.9. The van der Waals surface area contributed by atoms with E-state index < -0.39 is 9.76 Å². The Balaban J connectivity index is 1.91. The van der Waals surface area contributed by atoms with Crippen molar-refractivity contribution in [2.75, 3.05) is 24.6 Å². The van der Waals surface area contributed by atoms with Crippen LogP contribution in [0.5, 0.6) is 0 Å². The van der Waals surface area contributed by atoms with Gasteiger partial charge in [-0.05, 0) is 43.7 Å². The molecular formula is C19H20Cl3NO2. The number of esters is 1. The Morgan fingerprint density at radius 3 is 2.36 bits per heavy atom. The van der Waals surface area contributed by atoms with Crippen LogP contribution in [0, 0.1) is 6.92 Å². The summed E-state index contributed by atoms with van der Waals surface area (Å²) in [5.41, 5.74) is 3.25. The molecule has 0 saturated heterocycles. The van der Waals surface area contributed by atoms with E-state index in [1.807, 2.05) is 12.1 Å². The van der Waals surface area contributed by atoms with Crippen LogP contribution in [0.25, 0.3) is 0 Å². The van der Waals surface area contributed by atoms with Crippen molar-refractivity contribution in [1.82, 2.24) is 0 Å². The lowest BCUT2D eigenvalue weighted by Crippen LogP contribution is -2.28. The van der Waals surface area contributed by atoms with Crippen LogP contribution in [0.4, 0.5) is 5.69 Å². The summed E-state index contributed by atoms with van der Waals surface area (Å²) >= 11 is 17.4. The molecule has 0 aliphatic carbocycles. The molecule has 6 heteroatoms. The fourth-order valence-corrected chi connectivity index (χ4v) is 2.80. The van der Waals surface area contributed by atoms with Gasteiger partial charge in [0.2, 0.25) is 3.79 Å². The normalized spacial score (nSPS) is 11.2. The van der Waals surface area contributed by atoms with Crippen molar-refractivity contribution in [2.24, 2.45) is 0 Å². The summed E-state index contributed by atoms with van der Waals surface area (Å²) in [6.45, 7) is 5.88. The van der Waals surface area contributed by atoms with Crippen molar-refractivity contribution >= 4 is 46.5 Å². The summed E-state index contributed by atoms with van der Waals surface area (Å²) < 4.78 is 3.86. The van der Waals surface area contributed by atoms with Crippen LogP contribution < -0.4 is 4.90 Å². The third-order valence-electron chi connectivity index (χ3n) is 3.79. The standard InChI is InChI=1S/C19H20Cl3NO2/c1-3-23(17-6-4-5-14(2)13-17)11-12-25-18(24)15-7-9-16(10-8-15)19(20,21)22/h4-10,13H,3,11-12H2,1-2H3. The highest BCUT2D eigenvalue weighted by molar-refractivity contribution is 6.66. The number of alkyl halides is 3. The van der Waals surface area contributed by atoms with Gasteiger partial charge in [-0.25, -0.2) is 4.79 Å². The molecule has 25 heavy (non-hydrogen) atoms. The minimum atomic E-state index is -1.50. The molecule has 0 saturated carbocycles. The Labute approximate surface area is 163 Å². The van der Waals surface area contributed by atoms with Gasteiger partial charge in [0.05, 0.1) is 12.1 Å². The van der Waals surface area contributed by atoms with Gasteiger partial charge in [-0.15, -0.1) is 0 Å². The van der Waals surface area contributed by atoms with Crippen molar-refractivity contribution in [2.45, 2.75) is 17.6 Å². The zero-order valence-electron chi connectivity index (χ0n) is 14.1. The lowest BCUT2D eigenvalue weighted by Gasteiger charge is -2.23. The van der Waals surface area contributed by atoms with Crippen LogP contribution in [0.2, 0.25) is 0 Å². The second kappa shape index (κ2) is 8.79. The molecule has 0 aliphatic rings. The molecule has 0 amide bonds. The largest absolute Gasteiger partial charge is 0.460 e. The fraction of sp³-hybridized carbons (Fsp3) is 0.316. The molecule has 0 bridgehead atoms. The molecule has 0 fully saturated rings.